The zero-order valence-electron chi connectivity index (χ0n) is 13.8. The SMILES string of the molecule is CCOc1cc(/C=C2\SC(=S)N(Cc3cccnc3)C2=O)cc(I)c1O. The molecule has 134 valence electrons. The van der Waals surface area contributed by atoms with E-state index in [0.717, 1.165) is 11.1 Å². The van der Waals surface area contributed by atoms with Crippen LogP contribution in [0.3, 0.4) is 0 Å². The predicted octanol–water partition coefficient (Wildman–Crippen LogP) is 4.19. The highest BCUT2D eigenvalue weighted by atomic mass is 127. The molecule has 2 heterocycles. The van der Waals surface area contributed by atoms with Gasteiger partial charge in [-0.2, -0.15) is 0 Å². The first kappa shape index (κ1) is 19.1. The molecule has 3 rings (SSSR count). The van der Waals surface area contributed by atoms with E-state index in [9.17, 15) is 9.90 Å². The highest BCUT2D eigenvalue weighted by Crippen LogP contribution is 2.37. The summed E-state index contributed by atoms with van der Waals surface area (Å²) in [5, 5.41) is 10.1. The Morgan fingerprint density at radius 2 is 2.27 bits per heavy atom. The van der Waals surface area contributed by atoms with E-state index < -0.39 is 0 Å². The molecule has 1 aromatic heterocycles. The standard InChI is InChI=1S/C18H15IN2O3S2/c1-2-24-14-7-12(6-13(19)16(14)22)8-15-17(23)21(18(25)26-15)10-11-4-3-5-20-9-11/h3-9,22H,2,10H2,1H3/b15-8-. The number of aromatic hydroxyl groups is 1. The molecule has 2 aromatic rings. The maximum absolute atomic E-state index is 12.7. The minimum absolute atomic E-state index is 0.105. The molecule has 0 bridgehead atoms. The summed E-state index contributed by atoms with van der Waals surface area (Å²) in [6.45, 7) is 2.69. The molecule has 26 heavy (non-hydrogen) atoms. The number of amides is 1. The van der Waals surface area contributed by atoms with Gasteiger partial charge in [-0.25, -0.2) is 0 Å². The highest BCUT2D eigenvalue weighted by Gasteiger charge is 2.32. The summed E-state index contributed by atoms with van der Waals surface area (Å²) in [7, 11) is 0. The zero-order chi connectivity index (χ0) is 18.7. The molecular formula is C18H15IN2O3S2. The van der Waals surface area contributed by atoms with Gasteiger partial charge in [-0.3, -0.25) is 14.7 Å². The van der Waals surface area contributed by atoms with Crippen molar-refractivity contribution in [2.75, 3.05) is 6.61 Å². The Bertz CT molecular complexity index is 888. The summed E-state index contributed by atoms with van der Waals surface area (Å²) in [6.07, 6.45) is 5.18. The van der Waals surface area contributed by atoms with E-state index >= 15 is 0 Å². The van der Waals surface area contributed by atoms with Crippen LogP contribution in [0.15, 0.2) is 41.6 Å². The van der Waals surface area contributed by atoms with Crippen molar-refractivity contribution in [2.24, 2.45) is 0 Å². The number of hydrogen-bond donors (Lipinski definition) is 1. The van der Waals surface area contributed by atoms with E-state index in [2.05, 4.69) is 4.98 Å². The fraction of sp³-hybridized carbons (Fsp3) is 0.167. The molecule has 1 amide bonds. The van der Waals surface area contributed by atoms with Crippen LogP contribution in [0.1, 0.15) is 18.1 Å². The summed E-state index contributed by atoms with van der Waals surface area (Å²) in [5.41, 5.74) is 1.69. The van der Waals surface area contributed by atoms with E-state index in [1.54, 1.807) is 35.5 Å². The third-order valence-corrected chi connectivity index (χ3v) is 5.79. The molecule has 0 saturated carbocycles. The molecule has 0 radical (unpaired) electrons. The second kappa shape index (κ2) is 8.36. The van der Waals surface area contributed by atoms with Gasteiger partial charge >= 0.3 is 0 Å². The molecule has 1 fully saturated rings. The lowest BCUT2D eigenvalue weighted by Crippen LogP contribution is -2.27. The lowest BCUT2D eigenvalue weighted by atomic mass is 10.2. The number of aromatic nitrogens is 1. The molecular weight excluding hydrogens is 483 g/mol. The summed E-state index contributed by atoms with van der Waals surface area (Å²) in [4.78, 5) is 18.9. The van der Waals surface area contributed by atoms with Crippen molar-refractivity contribution >= 4 is 62.9 Å². The minimum atomic E-state index is -0.134. The lowest BCUT2D eigenvalue weighted by molar-refractivity contribution is -0.122. The topological polar surface area (TPSA) is 62.7 Å². The average Bonchev–Trinajstić information content (AvgIpc) is 2.88. The van der Waals surface area contributed by atoms with Crippen LogP contribution in [-0.2, 0) is 11.3 Å². The van der Waals surface area contributed by atoms with Gasteiger partial charge in [0.15, 0.2) is 11.5 Å². The number of nitrogens with zero attached hydrogens (tertiary/aromatic N) is 2. The van der Waals surface area contributed by atoms with E-state index in [0.29, 0.717) is 31.7 Å². The fourth-order valence-corrected chi connectivity index (χ4v) is 4.29. The van der Waals surface area contributed by atoms with Crippen LogP contribution >= 0.6 is 46.6 Å². The van der Waals surface area contributed by atoms with Crippen molar-refractivity contribution in [1.82, 2.24) is 9.88 Å². The monoisotopic (exact) mass is 498 g/mol. The summed E-state index contributed by atoms with van der Waals surface area (Å²) < 4.78 is 6.63. The van der Waals surface area contributed by atoms with E-state index in [-0.39, 0.29) is 11.7 Å². The van der Waals surface area contributed by atoms with Gasteiger partial charge in [0.25, 0.3) is 5.91 Å². The first-order valence-corrected chi connectivity index (χ1v) is 10.1. The molecule has 1 aliphatic rings. The number of benzene rings is 1. The summed E-state index contributed by atoms with van der Waals surface area (Å²) in [6, 6.07) is 7.25. The van der Waals surface area contributed by atoms with Crippen LogP contribution in [0.5, 0.6) is 11.5 Å². The van der Waals surface area contributed by atoms with Crippen LogP contribution in [0.2, 0.25) is 0 Å². The molecule has 0 spiro atoms. The maximum Gasteiger partial charge on any atom is 0.266 e. The van der Waals surface area contributed by atoms with Crippen molar-refractivity contribution in [2.45, 2.75) is 13.5 Å². The number of ether oxygens (including phenoxy) is 1. The smallest absolute Gasteiger partial charge is 0.266 e. The molecule has 1 aliphatic heterocycles. The minimum Gasteiger partial charge on any atom is -0.504 e. The normalized spacial score (nSPS) is 15.8. The van der Waals surface area contributed by atoms with Crippen LogP contribution in [0.4, 0.5) is 0 Å². The largest absolute Gasteiger partial charge is 0.504 e. The van der Waals surface area contributed by atoms with Gasteiger partial charge in [0.05, 0.1) is 21.6 Å². The van der Waals surface area contributed by atoms with Crippen molar-refractivity contribution in [1.29, 1.82) is 0 Å². The third kappa shape index (κ3) is 4.18. The Labute approximate surface area is 174 Å². The lowest BCUT2D eigenvalue weighted by Gasteiger charge is -2.13. The Balaban J connectivity index is 1.86. The highest BCUT2D eigenvalue weighted by molar-refractivity contribution is 14.1. The number of phenolic OH excluding ortho intramolecular Hbond substituents is 1. The van der Waals surface area contributed by atoms with Crippen molar-refractivity contribution < 1.29 is 14.6 Å². The summed E-state index contributed by atoms with van der Waals surface area (Å²) in [5.74, 6) is 0.370. The molecule has 8 heteroatoms. The first-order chi connectivity index (χ1) is 12.5. The van der Waals surface area contributed by atoms with E-state index in [4.69, 9.17) is 17.0 Å². The maximum atomic E-state index is 12.7. The zero-order valence-corrected chi connectivity index (χ0v) is 17.6. The molecule has 1 saturated heterocycles. The average molecular weight is 498 g/mol. The molecule has 1 aromatic carbocycles. The van der Waals surface area contributed by atoms with Gasteiger partial charge in [-0.15, -0.1) is 0 Å². The predicted molar refractivity (Wildman–Crippen MR) is 115 cm³/mol. The van der Waals surface area contributed by atoms with Crippen LogP contribution in [-0.4, -0.2) is 31.8 Å². The second-order valence-corrected chi connectivity index (χ2v) is 8.25. The van der Waals surface area contributed by atoms with Gasteiger partial charge < -0.3 is 9.84 Å². The van der Waals surface area contributed by atoms with Crippen LogP contribution < -0.4 is 4.74 Å². The first-order valence-electron chi connectivity index (χ1n) is 7.79. The number of halogens is 1. The number of pyridine rings is 1. The van der Waals surface area contributed by atoms with Gasteiger partial charge in [-0.1, -0.05) is 30.0 Å². The van der Waals surface area contributed by atoms with Gasteiger partial charge in [-0.05, 0) is 64.9 Å². The van der Waals surface area contributed by atoms with Crippen LogP contribution in [0, 0.1) is 3.57 Å². The van der Waals surface area contributed by atoms with Crippen LogP contribution in [0.25, 0.3) is 6.08 Å². The summed E-state index contributed by atoms with van der Waals surface area (Å²) >= 11 is 8.67. The Kier molecular flexibility index (Phi) is 6.15. The molecule has 1 N–H and O–H groups in total. The Morgan fingerprint density at radius 3 is 2.96 bits per heavy atom. The number of rotatable bonds is 5. The van der Waals surface area contributed by atoms with Gasteiger partial charge in [0, 0.05) is 12.4 Å². The Morgan fingerprint density at radius 1 is 1.46 bits per heavy atom. The quantitative estimate of drug-likeness (QED) is 0.379. The van der Waals surface area contributed by atoms with Crippen molar-refractivity contribution in [3.05, 3.63) is 56.3 Å². The molecule has 0 atom stereocenters. The number of hydrogen-bond acceptors (Lipinski definition) is 6. The number of carbonyl (C=O) groups excluding carboxylic acids is 1. The van der Waals surface area contributed by atoms with E-state index in [1.165, 1.54) is 11.8 Å². The molecule has 0 unspecified atom stereocenters. The number of thiocarbonyl (C=S) groups is 1. The van der Waals surface area contributed by atoms with Crippen molar-refractivity contribution in [3.63, 3.8) is 0 Å². The second-order valence-electron chi connectivity index (χ2n) is 5.41. The van der Waals surface area contributed by atoms with Gasteiger partial charge in [0.2, 0.25) is 0 Å². The molecule has 5 nitrogen and oxygen atoms in total. The molecule has 0 aliphatic carbocycles. The third-order valence-electron chi connectivity index (χ3n) is 3.59. The fourth-order valence-electron chi connectivity index (χ4n) is 2.40. The van der Waals surface area contributed by atoms with Gasteiger partial charge in [0.1, 0.15) is 4.32 Å². The number of thioether (sulfide) groups is 1. The number of phenols is 1. The number of carbonyl (C=O) groups is 1. The Hall–Kier alpha value is -1.65. The van der Waals surface area contributed by atoms with Crippen molar-refractivity contribution in [3.8, 4) is 11.5 Å². The van der Waals surface area contributed by atoms with E-state index in [1.807, 2.05) is 41.6 Å².